The topological polar surface area (TPSA) is 44.4 Å². The Labute approximate surface area is 99.8 Å². The number of rotatable bonds is 1. The molecule has 1 heterocycles. The van der Waals surface area contributed by atoms with E-state index in [9.17, 15) is 9.18 Å². The van der Waals surface area contributed by atoms with Crippen molar-refractivity contribution in [2.75, 3.05) is 25.0 Å². The molecule has 1 unspecified atom stereocenters. The Morgan fingerprint density at radius 1 is 1.47 bits per heavy atom. The first-order valence-electron chi connectivity index (χ1n) is 5.70. The second-order valence-corrected chi connectivity index (χ2v) is 4.24. The van der Waals surface area contributed by atoms with Crippen LogP contribution in [0.2, 0.25) is 0 Å². The summed E-state index contributed by atoms with van der Waals surface area (Å²) in [5, 5.41) is 6.02. The highest BCUT2D eigenvalue weighted by molar-refractivity contribution is 5.89. The number of anilines is 1. The zero-order chi connectivity index (χ0) is 12.3. The molecule has 5 heteroatoms. The van der Waals surface area contributed by atoms with Crippen molar-refractivity contribution in [3.63, 3.8) is 0 Å². The van der Waals surface area contributed by atoms with Crippen molar-refractivity contribution in [2.24, 2.45) is 0 Å². The van der Waals surface area contributed by atoms with Gasteiger partial charge in [-0.1, -0.05) is 0 Å². The van der Waals surface area contributed by atoms with Gasteiger partial charge in [-0.25, -0.2) is 9.18 Å². The van der Waals surface area contributed by atoms with E-state index in [1.54, 1.807) is 17.0 Å². The minimum atomic E-state index is -0.307. The molecule has 17 heavy (non-hydrogen) atoms. The number of urea groups is 1. The minimum absolute atomic E-state index is 0.134. The van der Waals surface area contributed by atoms with E-state index < -0.39 is 0 Å². The number of carbonyl (C=O) groups is 1. The molecule has 4 nitrogen and oxygen atoms in total. The van der Waals surface area contributed by atoms with Gasteiger partial charge in [-0.3, -0.25) is 0 Å². The summed E-state index contributed by atoms with van der Waals surface area (Å²) in [7, 11) is 0. The summed E-state index contributed by atoms with van der Waals surface area (Å²) in [5.41, 5.74) is 0.614. The van der Waals surface area contributed by atoms with E-state index in [0.717, 1.165) is 6.54 Å². The monoisotopic (exact) mass is 237 g/mol. The van der Waals surface area contributed by atoms with Gasteiger partial charge in [-0.15, -0.1) is 0 Å². The summed E-state index contributed by atoms with van der Waals surface area (Å²) in [6.45, 7) is 4.22. The maximum atomic E-state index is 12.7. The third-order valence-electron chi connectivity index (χ3n) is 2.75. The maximum Gasteiger partial charge on any atom is 0.321 e. The first kappa shape index (κ1) is 11.9. The molecular weight excluding hydrogens is 221 g/mol. The molecule has 0 radical (unpaired) electrons. The lowest BCUT2D eigenvalue weighted by molar-refractivity contribution is 0.192. The number of benzene rings is 1. The maximum absolute atomic E-state index is 12.7. The van der Waals surface area contributed by atoms with Crippen LogP contribution >= 0.6 is 0 Å². The Bertz CT molecular complexity index is 393. The van der Waals surface area contributed by atoms with Gasteiger partial charge >= 0.3 is 6.03 Å². The number of hydrogen-bond acceptors (Lipinski definition) is 2. The first-order chi connectivity index (χ1) is 8.15. The van der Waals surface area contributed by atoms with Gasteiger partial charge in [0.1, 0.15) is 5.82 Å². The van der Waals surface area contributed by atoms with E-state index in [1.165, 1.54) is 12.1 Å². The third-order valence-corrected chi connectivity index (χ3v) is 2.75. The van der Waals surface area contributed by atoms with Crippen LogP contribution in [0.3, 0.4) is 0 Å². The average molecular weight is 237 g/mol. The van der Waals surface area contributed by atoms with Gasteiger partial charge in [0, 0.05) is 31.4 Å². The summed E-state index contributed by atoms with van der Waals surface area (Å²) in [5.74, 6) is -0.307. The van der Waals surface area contributed by atoms with Crippen LogP contribution in [0.1, 0.15) is 6.92 Å². The van der Waals surface area contributed by atoms with Crippen molar-refractivity contribution < 1.29 is 9.18 Å². The first-order valence-corrected chi connectivity index (χ1v) is 5.70. The third kappa shape index (κ3) is 3.17. The van der Waals surface area contributed by atoms with Crippen LogP contribution in [0.15, 0.2) is 24.3 Å². The largest absolute Gasteiger partial charge is 0.322 e. The molecule has 92 valence electrons. The number of hydrogen-bond donors (Lipinski definition) is 2. The predicted molar refractivity (Wildman–Crippen MR) is 64.5 cm³/mol. The van der Waals surface area contributed by atoms with E-state index >= 15 is 0 Å². The molecule has 1 aromatic rings. The molecule has 2 rings (SSSR count). The highest BCUT2D eigenvalue weighted by Crippen LogP contribution is 2.10. The fraction of sp³-hybridized carbons (Fsp3) is 0.417. The van der Waals surface area contributed by atoms with E-state index in [1.807, 2.05) is 6.92 Å². The van der Waals surface area contributed by atoms with E-state index in [4.69, 9.17) is 0 Å². The lowest BCUT2D eigenvalue weighted by Crippen LogP contribution is -2.52. The Morgan fingerprint density at radius 2 is 2.18 bits per heavy atom. The summed E-state index contributed by atoms with van der Waals surface area (Å²) >= 11 is 0. The van der Waals surface area contributed by atoms with Gasteiger partial charge in [0.15, 0.2) is 0 Å². The van der Waals surface area contributed by atoms with Gasteiger partial charge in [0.2, 0.25) is 0 Å². The van der Waals surface area contributed by atoms with Crippen molar-refractivity contribution >= 4 is 11.7 Å². The lowest BCUT2D eigenvalue weighted by Gasteiger charge is -2.31. The second-order valence-electron chi connectivity index (χ2n) is 4.24. The molecule has 2 amide bonds. The zero-order valence-corrected chi connectivity index (χ0v) is 9.74. The molecule has 1 saturated heterocycles. The van der Waals surface area contributed by atoms with Crippen molar-refractivity contribution in [2.45, 2.75) is 13.0 Å². The molecule has 1 aromatic carbocycles. The molecule has 1 fully saturated rings. The van der Waals surface area contributed by atoms with Gasteiger partial charge in [-0.05, 0) is 31.2 Å². The molecule has 1 atom stereocenters. The fourth-order valence-electron chi connectivity index (χ4n) is 1.85. The average Bonchev–Trinajstić information content (AvgIpc) is 2.32. The number of amides is 2. The minimum Gasteiger partial charge on any atom is -0.322 e. The normalized spacial score (nSPS) is 20.1. The van der Waals surface area contributed by atoms with Crippen LogP contribution in [0.4, 0.5) is 14.9 Å². The highest BCUT2D eigenvalue weighted by atomic mass is 19.1. The number of carbonyl (C=O) groups excluding carboxylic acids is 1. The molecule has 1 aliphatic heterocycles. The zero-order valence-electron chi connectivity index (χ0n) is 9.74. The predicted octanol–water partition coefficient (Wildman–Crippen LogP) is 1.65. The summed E-state index contributed by atoms with van der Waals surface area (Å²) in [6.07, 6.45) is 0. The smallest absolute Gasteiger partial charge is 0.321 e. The molecule has 0 aromatic heterocycles. The van der Waals surface area contributed by atoms with E-state index in [0.29, 0.717) is 24.8 Å². The second kappa shape index (κ2) is 5.14. The molecule has 1 aliphatic rings. The van der Waals surface area contributed by atoms with Gasteiger partial charge in [0.05, 0.1) is 0 Å². The van der Waals surface area contributed by atoms with Gasteiger partial charge < -0.3 is 15.5 Å². The number of halogens is 1. The Balaban J connectivity index is 1.94. The summed E-state index contributed by atoms with van der Waals surface area (Å²) in [4.78, 5) is 13.6. The van der Waals surface area contributed by atoms with Crippen LogP contribution in [-0.4, -0.2) is 36.6 Å². The summed E-state index contributed by atoms with van der Waals surface area (Å²) < 4.78 is 12.7. The molecule has 0 bridgehead atoms. The molecular formula is C12H16FN3O. The summed E-state index contributed by atoms with van der Waals surface area (Å²) in [6, 6.07) is 5.94. The Hall–Kier alpha value is -1.62. The molecule has 0 aliphatic carbocycles. The SMILES string of the molecule is CC1CN(C(=O)Nc2ccc(F)cc2)CCN1. The molecule has 0 spiro atoms. The lowest BCUT2D eigenvalue weighted by atomic mass is 10.2. The number of piperazine rings is 1. The Kier molecular flexibility index (Phi) is 3.58. The van der Waals surface area contributed by atoms with Crippen molar-refractivity contribution in [3.05, 3.63) is 30.1 Å². The highest BCUT2D eigenvalue weighted by Gasteiger charge is 2.20. The molecule has 0 saturated carbocycles. The standard InChI is InChI=1S/C12H16FN3O/c1-9-8-16(7-6-14-9)12(17)15-11-4-2-10(13)3-5-11/h2-5,9,14H,6-8H2,1H3,(H,15,17). The van der Waals surface area contributed by atoms with Crippen molar-refractivity contribution in [1.29, 1.82) is 0 Å². The quantitative estimate of drug-likeness (QED) is 0.780. The van der Waals surface area contributed by atoms with E-state index in [2.05, 4.69) is 10.6 Å². The van der Waals surface area contributed by atoms with Crippen molar-refractivity contribution in [1.82, 2.24) is 10.2 Å². The van der Waals surface area contributed by atoms with Gasteiger partial charge in [0.25, 0.3) is 0 Å². The van der Waals surface area contributed by atoms with Crippen LogP contribution in [0.25, 0.3) is 0 Å². The van der Waals surface area contributed by atoms with Crippen molar-refractivity contribution in [3.8, 4) is 0 Å². The fourth-order valence-corrected chi connectivity index (χ4v) is 1.85. The van der Waals surface area contributed by atoms with Crippen LogP contribution < -0.4 is 10.6 Å². The van der Waals surface area contributed by atoms with Crippen LogP contribution in [-0.2, 0) is 0 Å². The van der Waals surface area contributed by atoms with Crippen LogP contribution in [0, 0.1) is 5.82 Å². The van der Waals surface area contributed by atoms with Gasteiger partial charge in [-0.2, -0.15) is 0 Å². The number of nitrogens with one attached hydrogen (secondary N) is 2. The molecule has 2 N–H and O–H groups in total. The van der Waals surface area contributed by atoms with Crippen LogP contribution in [0.5, 0.6) is 0 Å². The Morgan fingerprint density at radius 3 is 2.82 bits per heavy atom. The number of nitrogens with zero attached hydrogens (tertiary/aromatic N) is 1. The van der Waals surface area contributed by atoms with E-state index in [-0.39, 0.29) is 11.8 Å².